The molecule has 1 N–H and O–H groups in total. The van der Waals surface area contributed by atoms with Crippen molar-refractivity contribution in [2.75, 3.05) is 6.61 Å². The molecule has 0 aromatic carbocycles. The van der Waals surface area contributed by atoms with Crippen LogP contribution in [-0.4, -0.2) is 16.7 Å². The van der Waals surface area contributed by atoms with Gasteiger partial charge in [-0.2, -0.15) is 0 Å². The summed E-state index contributed by atoms with van der Waals surface area (Å²) < 4.78 is 0. The zero-order valence-electron chi connectivity index (χ0n) is 10.0. The Morgan fingerprint density at radius 2 is 2.00 bits per heavy atom. The molecule has 15 heavy (non-hydrogen) atoms. The van der Waals surface area contributed by atoms with Crippen LogP contribution in [0.25, 0.3) is 0 Å². The first-order chi connectivity index (χ1) is 7.04. The molecule has 1 aromatic heterocycles. The largest absolute Gasteiger partial charge is 0.396 e. The highest BCUT2D eigenvalue weighted by atomic mass is 32.1. The lowest BCUT2D eigenvalue weighted by Gasteiger charge is -2.15. The van der Waals surface area contributed by atoms with Gasteiger partial charge in [0.15, 0.2) is 0 Å². The van der Waals surface area contributed by atoms with Crippen LogP contribution in [0, 0.1) is 11.8 Å². The van der Waals surface area contributed by atoms with Crippen molar-refractivity contribution in [2.24, 2.45) is 11.8 Å². The topological polar surface area (TPSA) is 33.1 Å². The van der Waals surface area contributed by atoms with Crippen molar-refractivity contribution in [2.45, 2.75) is 40.0 Å². The van der Waals surface area contributed by atoms with Crippen LogP contribution >= 0.6 is 11.3 Å². The number of hydrogen-bond acceptors (Lipinski definition) is 3. The Labute approximate surface area is 96.4 Å². The van der Waals surface area contributed by atoms with Gasteiger partial charge in [0.05, 0.1) is 17.3 Å². The first kappa shape index (κ1) is 12.7. The molecule has 1 rings (SSSR count). The van der Waals surface area contributed by atoms with Crippen molar-refractivity contribution >= 4 is 11.3 Å². The van der Waals surface area contributed by atoms with Crippen LogP contribution in [0.3, 0.4) is 0 Å². The van der Waals surface area contributed by atoms with E-state index in [1.165, 1.54) is 5.01 Å². The van der Waals surface area contributed by atoms with Gasteiger partial charge in [-0.3, -0.25) is 0 Å². The normalized spacial score (nSPS) is 13.8. The first-order valence-electron chi connectivity index (χ1n) is 5.59. The van der Waals surface area contributed by atoms with E-state index in [1.807, 2.05) is 0 Å². The second-order valence-corrected chi connectivity index (χ2v) is 5.74. The monoisotopic (exact) mass is 227 g/mol. The summed E-state index contributed by atoms with van der Waals surface area (Å²) in [4.78, 5) is 4.60. The van der Waals surface area contributed by atoms with Crippen molar-refractivity contribution in [3.8, 4) is 0 Å². The number of hydrogen-bond donors (Lipinski definition) is 1. The molecular weight excluding hydrogens is 206 g/mol. The Bertz CT molecular complexity index is 294. The lowest BCUT2D eigenvalue weighted by Crippen LogP contribution is -2.11. The highest BCUT2D eigenvalue weighted by Crippen LogP contribution is 2.26. The van der Waals surface area contributed by atoms with Crippen molar-refractivity contribution in [1.82, 2.24) is 4.98 Å². The van der Waals surface area contributed by atoms with Crippen LogP contribution in [0.5, 0.6) is 0 Å². The summed E-state index contributed by atoms with van der Waals surface area (Å²) in [6, 6.07) is 0. The van der Waals surface area contributed by atoms with E-state index in [9.17, 15) is 5.11 Å². The van der Waals surface area contributed by atoms with Gasteiger partial charge in [0.1, 0.15) is 0 Å². The molecule has 0 saturated carbocycles. The molecule has 1 unspecified atom stereocenters. The van der Waals surface area contributed by atoms with E-state index in [0.717, 1.165) is 12.1 Å². The minimum Gasteiger partial charge on any atom is -0.396 e. The van der Waals surface area contributed by atoms with Gasteiger partial charge in [-0.1, -0.05) is 27.7 Å². The zero-order chi connectivity index (χ0) is 11.4. The molecule has 0 spiro atoms. The van der Waals surface area contributed by atoms with Crippen molar-refractivity contribution in [1.29, 1.82) is 0 Å². The van der Waals surface area contributed by atoms with Gasteiger partial charge in [-0.15, -0.1) is 11.3 Å². The smallest absolute Gasteiger partial charge is 0.0930 e. The summed E-state index contributed by atoms with van der Waals surface area (Å²) in [6.07, 6.45) is 1.04. The van der Waals surface area contributed by atoms with Gasteiger partial charge in [0.2, 0.25) is 0 Å². The maximum Gasteiger partial charge on any atom is 0.0930 e. The fourth-order valence-electron chi connectivity index (χ4n) is 1.58. The number of nitrogens with zero attached hydrogens (tertiary/aromatic N) is 1. The van der Waals surface area contributed by atoms with E-state index in [4.69, 9.17) is 0 Å². The molecule has 3 heteroatoms. The fourth-order valence-corrected chi connectivity index (χ4v) is 2.66. The molecule has 1 aromatic rings. The second kappa shape index (κ2) is 5.61. The predicted molar refractivity (Wildman–Crippen MR) is 65.3 cm³/mol. The summed E-state index contributed by atoms with van der Waals surface area (Å²) in [5.41, 5.74) is 1.06. The molecule has 2 nitrogen and oxygen atoms in total. The predicted octanol–water partition coefficient (Wildman–Crippen LogP) is 3.07. The molecule has 0 aliphatic rings. The average Bonchev–Trinajstić information content (AvgIpc) is 2.52. The van der Waals surface area contributed by atoms with Crippen LogP contribution in [-0.2, 0) is 6.42 Å². The van der Waals surface area contributed by atoms with E-state index in [-0.39, 0.29) is 12.5 Å². The summed E-state index contributed by atoms with van der Waals surface area (Å²) in [7, 11) is 0. The SMILES string of the molecule is CC(C)Cc1nc(C(CO)C(C)C)cs1. The molecule has 0 bridgehead atoms. The van der Waals surface area contributed by atoms with Crippen molar-refractivity contribution in [3.05, 3.63) is 16.1 Å². The zero-order valence-corrected chi connectivity index (χ0v) is 10.8. The van der Waals surface area contributed by atoms with Gasteiger partial charge in [-0.25, -0.2) is 4.98 Å². The molecule has 0 aliphatic carbocycles. The third-order valence-electron chi connectivity index (χ3n) is 2.53. The maximum absolute atomic E-state index is 9.31. The Morgan fingerprint density at radius 1 is 1.33 bits per heavy atom. The van der Waals surface area contributed by atoms with E-state index < -0.39 is 0 Å². The third-order valence-corrected chi connectivity index (χ3v) is 3.42. The highest BCUT2D eigenvalue weighted by molar-refractivity contribution is 7.09. The number of rotatable bonds is 5. The number of thiazole rings is 1. The van der Waals surface area contributed by atoms with Crippen molar-refractivity contribution < 1.29 is 5.11 Å². The first-order valence-corrected chi connectivity index (χ1v) is 6.47. The van der Waals surface area contributed by atoms with Gasteiger partial charge in [-0.05, 0) is 11.8 Å². The lowest BCUT2D eigenvalue weighted by atomic mass is 9.94. The van der Waals surface area contributed by atoms with Crippen LogP contribution in [0.2, 0.25) is 0 Å². The van der Waals surface area contributed by atoms with Crippen LogP contribution in [0.4, 0.5) is 0 Å². The van der Waals surface area contributed by atoms with Crippen LogP contribution in [0.1, 0.15) is 44.3 Å². The molecular formula is C12H21NOS. The number of aromatic nitrogens is 1. The van der Waals surface area contributed by atoms with Crippen LogP contribution in [0.15, 0.2) is 5.38 Å². The summed E-state index contributed by atoms with van der Waals surface area (Å²) in [5.74, 6) is 1.29. The molecule has 0 saturated heterocycles. The fraction of sp³-hybridized carbons (Fsp3) is 0.750. The molecule has 0 aliphatic heterocycles. The van der Waals surface area contributed by atoms with Crippen molar-refractivity contribution in [3.63, 3.8) is 0 Å². The minimum absolute atomic E-state index is 0.196. The molecule has 0 amide bonds. The number of aliphatic hydroxyl groups is 1. The van der Waals surface area contributed by atoms with Gasteiger partial charge in [0.25, 0.3) is 0 Å². The second-order valence-electron chi connectivity index (χ2n) is 4.80. The summed E-state index contributed by atoms with van der Waals surface area (Å²) in [5, 5.41) is 12.6. The van der Waals surface area contributed by atoms with E-state index in [1.54, 1.807) is 11.3 Å². The average molecular weight is 227 g/mol. The summed E-state index contributed by atoms with van der Waals surface area (Å²) >= 11 is 1.72. The summed E-state index contributed by atoms with van der Waals surface area (Å²) in [6.45, 7) is 8.85. The van der Waals surface area contributed by atoms with Gasteiger partial charge < -0.3 is 5.11 Å². The molecule has 0 radical (unpaired) electrons. The van der Waals surface area contributed by atoms with E-state index >= 15 is 0 Å². The Balaban J connectivity index is 2.73. The number of aliphatic hydroxyl groups excluding tert-OH is 1. The molecule has 0 fully saturated rings. The van der Waals surface area contributed by atoms with E-state index in [0.29, 0.717) is 11.8 Å². The highest BCUT2D eigenvalue weighted by Gasteiger charge is 2.18. The Morgan fingerprint density at radius 3 is 2.47 bits per heavy atom. The van der Waals surface area contributed by atoms with E-state index in [2.05, 4.69) is 38.1 Å². The quantitative estimate of drug-likeness (QED) is 0.838. The molecule has 1 heterocycles. The lowest BCUT2D eigenvalue weighted by molar-refractivity contribution is 0.235. The molecule has 1 atom stereocenters. The maximum atomic E-state index is 9.31. The standard InChI is InChI=1S/C12H21NOS/c1-8(2)5-12-13-11(7-15-12)10(6-14)9(3)4/h7-10,14H,5-6H2,1-4H3. The van der Waals surface area contributed by atoms with Crippen LogP contribution < -0.4 is 0 Å². The third kappa shape index (κ3) is 3.58. The van der Waals surface area contributed by atoms with Gasteiger partial charge >= 0.3 is 0 Å². The van der Waals surface area contributed by atoms with Gasteiger partial charge in [0, 0.05) is 17.7 Å². The minimum atomic E-state index is 0.196. The Hall–Kier alpha value is -0.410. The molecule has 86 valence electrons. The Kier molecular flexibility index (Phi) is 4.74.